The van der Waals surface area contributed by atoms with Crippen molar-refractivity contribution in [2.75, 3.05) is 33.7 Å². The topological polar surface area (TPSA) is 74.6 Å². The van der Waals surface area contributed by atoms with Crippen LogP contribution >= 0.6 is 0 Å². The summed E-state index contributed by atoms with van der Waals surface area (Å²) in [7, 11) is 3.55. The number of nitrogens with zero attached hydrogens (tertiary/aromatic N) is 6. The molecule has 0 spiro atoms. The standard InChI is InChI=1S/C18H24N6O2/c1-21(2)18(26)23-9-7-13-11-22(12-16(13)23)17(25)8-10-24-15-6-4-3-5-14(15)19-20-24/h3-6,13,16H,7-12H2,1-2H3/t13-,16+/m1/s1. The number of carbonyl (C=O) groups is 2. The lowest BCUT2D eigenvalue weighted by molar-refractivity contribution is -0.130. The molecule has 0 radical (unpaired) electrons. The molecule has 3 amide bonds. The first kappa shape index (κ1) is 16.8. The van der Waals surface area contributed by atoms with E-state index in [-0.39, 0.29) is 18.0 Å². The summed E-state index contributed by atoms with van der Waals surface area (Å²) in [5.74, 6) is 0.520. The van der Waals surface area contributed by atoms with Crippen LogP contribution in [0.2, 0.25) is 0 Å². The van der Waals surface area contributed by atoms with E-state index in [0.29, 0.717) is 25.4 Å². The molecule has 8 heteroatoms. The molecular formula is C18H24N6O2. The number of rotatable bonds is 3. The van der Waals surface area contributed by atoms with E-state index in [9.17, 15) is 9.59 Å². The van der Waals surface area contributed by atoms with Crippen molar-refractivity contribution >= 4 is 23.0 Å². The van der Waals surface area contributed by atoms with E-state index in [1.807, 2.05) is 34.1 Å². The molecule has 138 valence electrons. The predicted molar refractivity (Wildman–Crippen MR) is 96.4 cm³/mol. The molecule has 1 aromatic heterocycles. The fraction of sp³-hybridized carbons (Fsp3) is 0.556. The zero-order valence-corrected chi connectivity index (χ0v) is 15.2. The second-order valence-electron chi connectivity index (χ2n) is 7.34. The summed E-state index contributed by atoms with van der Waals surface area (Å²) in [6.45, 7) is 2.70. The van der Waals surface area contributed by atoms with Crippen molar-refractivity contribution in [2.24, 2.45) is 5.92 Å². The molecule has 26 heavy (non-hydrogen) atoms. The highest BCUT2D eigenvalue weighted by molar-refractivity contribution is 5.78. The van der Waals surface area contributed by atoms with Gasteiger partial charge in [0.15, 0.2) is 0 Å². The summed E-state index contributed by atoms with van der Waals surface area (Å²) in [5.41, 5.74) is 1.79. The van der Waals surface area contributed by atoms with Crippen molar-refractivity contribution in [1.29, 1.82) is 0 Å². The Morgan fingerprint density at radius 1 is 1.23 bits per heavy atom. The Bertz CT molecular complexity index is 832. The van der Waals surface area contributed by atoms with E-state index in [1.54, 1.807) is 23.7 Å². The molecule has 0 aliphatic carbocycles. The van der Waals surface area contributed by atoms with Gasteiger partial charge in [0.25, 0.3) is 0 Å². The molecule has 2 saturated heterocycles. The lowest BCUT2D eigenvalue weighted by atomic mass is 10.1. The molecule has 2 fully saturated rings. The average Bonchev–Trinajstić information content (AvgIpc) is 3.32. The zero-order chi connectivity index (χ0) is 18.3. The van der Waals surface area contributed by atoms with Crippen LogP contribution in [0.15, 0.2) is 24.3 Å². The van der Waals surface area contributed by atoms with Gasteiger partial charge in [0, 0.05) is 46.1 Å². The average molecular weight is 356 g/mol. The van der Waals surface area contributed by atoms with E-state index in [4.69, 9.17) is 0 Å². The van der Waals surface area contributed by atoms with Crippen LogP contribution in [-0.2, 0) is 11.3 Å². The summed E-state index contributed by atoms with van der Waals surface area (Å²) in [6.07, 6.45) is 1.37. The van der Waals surface area contributed by atoms with Gasteiger partial charge < -0.3 is 14.7 Å². The number of hydrogen-bond donors (Lipinski definition) is 0. The SMILES string of the molecule is CN(C)C(=O)N1CC[C@@H]2CN(C(=O)CCn3nnc4ccccc43)C[C@@H]21. The number of aromatic nitrogens is 3. The maximum atomic E-state index is 12.7. The Morgan fingerprint density at radius 2 is 2.04 bits per heavy atom. The molecule has 2 aliphatic rings. The fourth-order valence-corrected chi connectivity index (χ4v) is 4.10. The van der Waals surface area contributed by atoms with Gasteiger partial charge in [-0.1, -0.05) is 17.3 Å². The monoisotopic (exact) mass is 356 g/mol. The van der Waals surface area contributed by atoms with Crippen molar-refractivity contribution < 1.29 is 9.59 Å². The maximum absolute atomic E-state index is 12.7. The molecule has 2 aromatic rings. The molecule has 0 saturated carbocycles. The molecule has 3 heterocycles. The summed E-state index contributed by atoms with van der Waals surface area (Å²) >= 11 is 0. The number of urea groups is 1. The van der Waals surface area contributed by atoms with Gasteiger partial charge >= 0.3 is 6.03 Å². The van der Waals surface area contributed by atoms with Crippen LogP contribution < -0.4 is 0 Å². The van der Waals surface area contributed by atoms with E-state index >= 15 is 0 Å². The van der Waals surface area contributed by atoms with Crippen molar-refractivity contribution in [1.82, 2.24) is 29.7 Å². The number of fused-ring (bicyclic) bond motifs is 2. The first-order valence-corrected chi connectivity index (χ1v) is 9.08. The van der Waals surface area contributed by atoms with Crippen LogP contribution in [0, 0.1) is 5.92 Å². The Kier molecular flexibility index (Phi) is 4.26. The zero-order valence-electron chi connectivity index (χ0n) is 15.2. The highest BCUT2D eigenvalue weighted by Gasteiger charge is 2.44. The summed E-state index contributed by atoms with van der Waals surface area (Å²) in [6, 6.07) is 7.95. The van der Waals surface area contributed by atoms with Crippen LogP contribution in [0.4, 0.5) is 4.79 Å². The van der Waals surface area contributed by atoms with Crippen LogP contribution in [0.5, 0.6) is 0 Å². The second kappa shape index (κ2) is 6.59. The van der Waals surface area contributed by atoms with Gasteiger partial charge in [0.1, 0.15) is 5.52 Å². The van der Waals surface area contributed by atoms with Gasteiger partial charge in [0.2, 0.25) is 5.91 Å². The molecule has 0 N–H and O–H groups in total. The number of hydrogen-bond acceptors (Lipinski definition) is 4. The predicted octanol–water partition coefficient (Wildman–Crippen LogP) is 1.04. The van der Waals surface area contributed by atoms with Gasteiger partial charge in [-0.05, 0) is 18.6 Å². The first-order valence-electron chi connectivity index (χ1n) is 9.08. The molecule has 2 atom stereocenters. The van der Waals surface area contributed by atoms with Crippen molar-refractivity contribution in [3.63, 3.8) is 0 Å². The first-order chi connectivity index (χ1) is 12.5. The molecule has 4 rings (SSSR count). The van der Waals surface area contributed by atoms with Gasteiger partial charge in [-0.2, -0.15) is 0 Å². The number of aryl methyl sites for hydroxylation is 1. The molecule has 1 aromatic carbocycles. The van der Waals surface area contributed by atoms with E-state index < -0.39 is 0 Å². The van der Waals surface area contributed by atoms with Gasteiger partial charge in [-0.15, -0.1) is 5.10 Å². The highest BCUT2D eigenvalue weighted by Crippen LogP contribution is 2.32. The summed E-state index contributed by atoms with van der Waals surface area (Å²) in [4.78, 5) is 30.4. The Labute approximate surface area is 152 Å². The largest absolute Gasteiger partial charge is 0.340 e. The Hall–Kier alpha value is -2.64. The third kappa shape index (κ3) is 2.89. The third-order valence-electron chi connectivity index (χ3n) is 5.49. The third-order valence-corrected chi connectivity index (χ3v) is 5.49. The number of amides is 3. The van der Waals surface area contributed by atoms with Crippen LogP contribution in [-0.4, -0.2) is 81.4 Å². The van der Waals surface area contributed by atoms with Crippen LogP contribution in [0.3, 0.4) is 0 Å². The fourth-order valence-electron chi connectivity index (χ4n) is 4.10. The molecule has 0 unspecified atom stereocenters. The lowest BCUT2D eigenvalue weighted by Crippen LogP contribution is -2.45. The normalized spacial score (nSPS) is 22.1. The van der Waals surface area contributed by atoms with E-state index in [1.165, 1.54) is 0 Å². The molecule has 0 bridgehead atoms. The lowest BCUT2D eigenvalue weighted by Gasteiger charge is -2.27. The molecule has 2 aliphatic heterocycles. The Morgan fingerprint density at radius 3 is 2.85 bits per heavy atom. The smallest absolute Gasteiger partial charge is 0.319 e. The van der Waals surface area contributed by atoms with Crippen LogP contribution in [0.1, 0.15) is 12.8 Å². The highest BCUT2D eigenvalue weighted by atomic mass is 16.2. The second-order valence-corrected chi connectivity index (χ2v) is 7.34. The van der Waals surface area contributed by atoms with Gasteiger partial charge in [-0.3, -0.25) is 4.79 Å². The summed E-state index contributed by atoms with van der Waals surface area (Å²) in [5, 5.41) is 8.27. The molecular weight excluding hydrogens is 332 g/mol. The van der Waals surface area contributed by atoms with Crippen molar-refractivity contribution in [3.8, 4) is 0 Å². The number of carbonyl (C=O) groups excluding carboxylic acids is 2. The quantitative estimate of drug-likeness (QED) is 0.823. The van der Waals surface area contributed by atoms with Crippen LogP contribution in [0.25, 0.3) is 11.0 Å². The van der Waals surface area contributed by atoms with Crippen molar-refractivity contribution in [2.45, 2.75) is 25.4 Å². The molecule has 8 nitrogen and oxygen atoms in total. The van der Waals surface area contributed by atoms with Gasteiger partial charge in [-0.25, -0.2) is 9.48 Å². The maximum Gasteiger partial charge on any atom is 0.319 e. The summed E-state index contributed by atoms with van der Waals surface area (Å²) < 4.78 is 1.78. The Balaban J connectivity index is 1.37. The number of likely N-dealkylation sites (tertiary alicyclic amines) is 2. The van der Waals surface area contributed by atoms with E-state index in [2.05, 4.69) is 10.3 Å². The van der Waals surface area contributed by atoms with Crippen molar-refractivity contribution in [3.05, 3.63) is 24.3 Å². The minimum Gasteiger partial charge on any atom is -0.340 e. The minimum absolute atomic E-state index is 0.0425. The minimum atomic E-state index is 0.0425. The van der Waals surface area contributed by atoms with Gasteiger partial charge in [0.05, 0.1) is 18.1 Å². The number of benzene rings is 1. The van der Waals surface area contributed by atoms with E-state index in [0.717, 1.165) is 30.5 Å². The number of para-hydroxylation sites is 1.